The molecule has 1 aromatic heterocycles. The fraction of sp³-hybridized carbons (Fsp3) is 0.154. The largest absolute Gasteiger partial charge is 0.383 e. The Kier molecular flexibility index (Phi) is 6.88. The minimum atomic E-state index is -4.01. The maximum atomic E-state index is 13.5. The van der Waals surface area contributed by atoms with Crippen LogP contribution in [0.15, 0.2) is 88.7 Å². The van der Waals surface area contributed by atoms with E-state index < -0.39 is 9.84 Å². The molecule has 0 atom stereocenters. The van der Waals surface area contributed by atoms with Gasteiger partial charge in [0.2, 0.25) is 15.7 Å². The van der Waals surface area contributed by atoms with Gasteiger partial charge in [-0.25, -0.2) is 13.1 Å². The molecule has 9 heteroatoms. The number of amides is 1. The lowest BCUT2D eigenvalue weighted by molar-refractivity contribution is -0.116. The predicted molar refractivity (Wildman–Crippen MR) is 137 cm³/mol. The van der Waals surface area contributed by atoms with Crippen LogP contribution in [0.25, 0.3) is 0 Å². The number of nitrogens with zero attached hydrogens (tertiary/aromatic N) is 2. The van der Waals surface area contributed by atoms with Gasteiger partial charge < -0.3 is 16.4 Å². The third-order valence-corrected chi connectivity index (χ3v) is 7.32. The van der Waals surface area contributed by atoms with Crippen molar-refractivity contribution in [3.05, 3.63) is 90.0 Å². The van der Waals surface area contributed by atoms with Gasteiger partial charge in [-0.05, 0) is 60.9 Å². The molecule has 0 radical (unpaired) electrons. The molecular formula is C26H27N5O3S. The van der Waals surface area contributed by atoms with Crippen LogP contribution in [0.1, 0.15) is 18.1 Å². The van der Waals surface area contributed by atoms with Crippen LogP contribution in [0.2, 0.25) is 0 Å². The van der Waals surface area contributed by atoms with Gasteiger partial charge in [0.1, 0.15) is 12.4 Å². The topological polar surface area (TPSA) is 119 Å². The normalized spacial score (nSPS) is 11.3. The highest BCUT2D eigenvalue weighted by Crippen LogP contribution is 2.34. The van der Waals surface area contributed by atoms with Crippen molar-refractivity contribution in [2.24, 2.45) is 0 Å². The van der Waals surface area contributed by atoms with Crippen molar-refractivity contribution in [3.63, 3.8) is 0 Å². The molecule has 1 amide bonds. The number of nitrogens with two attached hydrogens (primary N) is 1. The zero-order valence-corrected chi connectivity index (χ0v) is 20.3. The third-order valence-electron chi connectivity index (χ3n) is 5.49. The molecule has 0 spiro atoms. The van der Waals surface area contributed by atoms with Crippen LogP contribution in [0.3, 0.4) is 0 Å². The number of nitrogen functional groups attached to an aromatic ring is 1. The van der Waals surface area contributed by atoms with Crippen LogP contribution in [0.5, 0.6) is 0 Å². The van der Waals surface area contributed by atoms with E-state index in [0.717, 1.165) is 17.5 Å². The lowest BCUT2D eigenvalue weighted by Gasteiger charge is -2.09. The number of sulfone groups is 1. The molecule has 4 rings (SSSR count). The highest BCUT2D eigenvalue weighted by molar-refractivity contribution is 7.91. The van der Waals surface area contributed by atoms with Crippen molar-refractivity contribution in [3.8, 4) is 0 Å². The van der Waals surface area contributed by atoms with E-state index in [4.69, 9.17) is 5.73 Å². The molecule has 0 aliphatic carbocycles. The average Bonchev–Trinajstić information content (AvgIpc) is 3.14. The van der Waals surface area contributed by atoms with Crippen LogP contribution < -0.4 is 16.4 Å². The fourth-order valence-corrected chi connectivity index (χ4v) is 5.14. The highest BCUT2D eigenvalue weighted by atomic mass is 32.2. The fourth-order valence-electron chi connectivity index (χ4n) is 3.66. The molecule has 4 aromatic rings. The number of carbonyl (C=O) groups is 1. The Bertz CT molecular complexity index is 1450. The molecule has 3 aromatic carbocycles. The SMILES string of the molecule is CCc1ccc(NC(=O)Cn2nc(Nc3cccc(C)c3)c(S(=O)(=O)c3ccccc3)c2N)cc1. The van der Waals surface area contributed by atoms with Gasteiger partial charge >= 0.3 is 0 Å². The Morgan fingerprint density at radius 1 is 0.971 bits per heavy atom. The molecule has 0 bridgehead atoms. The second-order valence-corrected chi connectivity index (χ2v) is 10.0. The van der Waals surface area contributed by atoms with Gasteiger partial charge in [-0.2, -0.15) is 5.10 Å². The second kappa shape index (κ2) is 10.0. The Hall–Kier alpha value is -4.11. The van der Waals surface area contributed by atoms with E-state index >= 15 is 0 Å². The quantitative estimate of drug-likeness (QED) is 0.334. The molecule has 4 N–H and O–H groups in total. The zero-order valence-electron chi connectivity index (χ0n) is 19.5. The first-order valence-electron chi connectivity index (χ1n) is 11.2. The lowest BCUT2D eigenvalue weighted by Crippen LogP contribution is -2.21. The van der Waals surface area contributed by atoms with E-state index in [2.05, 4.69) is 22.7 Å². The zero-order chi connectivity index (χ0) is 25.0. The van der Waals surface area contributed by atoms with Crippen molar-refractivity contribution in [2.75, 3.05) is 16.4 Å². The van der Waals surface area contributed by atoms with Crippen LogP contribution >= 0.6 is 0 Å². The van der Waals surface area contributed by atoms with Crippen molar-refractivity contribution in [1.29, 1.82) is 0 Å². The Balaban J connectivity index is 1.69. The van der Waals surface area contributed by atoms with Crippen LogP contribution in [-0.2, 0) is 27.6 Å². The monoisotopic (exact) mass is 489 g/mol. The number of anilines is 4. The van der Waals surface area contributed by atoms with Gasteiger partial charge in [-0.3, -0.25) is 4.79 Å². The summed E-state index contributed by atoms with van der Waals surface area (Å²) in [7, 11) is -4.01. The Morgan fingerprint density at radius 2 is 1.69 bits per heavy atom. The van der Waals surface area contributed by atoms with Gasteiger partial charge in [-0.1, -0.05) is 49.4 Å². The summed E-state index contributed by atoms with van der Waals surface area (Å²) in [5.74, 6) is -0.452. The number of hydrogen-bond acceptors (Lipinski definition) is 6. The van der Waals surface area contributed by atoms with Gasteiger partial charge in [-0.15, -0.1) is 0 Å². The van der Waals surface area contributed by atoms with Gasteiger partial charge in [0.25, 0.3) is 0 Å². The van der Waals surface area contributed by atoms with Gasteiger partial charge in [0.15, 0.2) is 10.7 Å². The summed E-state index contributed by atoms with van der Waals surface area (Å²) in [4.78, 5) is 12.6. The molecule has 180 valence electrons. The molecule has 0 saturated heterocycles. The minimum Gasteiger partial charge on any atom is -0.383 e. The summed E-state index contributed by atoms with van der Waals surface area (Å²) in [5, 5.41) is 10.2. The summed E-state index contributed by atoms with van der Waals surface area (Å²) in [5.41, 5.74) is 9.72. The summed E-state index contributed by atoms with van der Waals surface area (Å²) in [6, 6.07) is 22.9. The smallest absolute Gasteiger partial charge is 0.246 e. The molecule has 35 heavy (non-hydrogen) atoms. The minimum absolute atomic E-state index is 0.0528. The molecule has 8 nitrogen and oxygen atoms in total. The maximum absolute atomic E-state index is 13.5. The first-order chi connectivity index (χ1) is 16.8. The Morgan fingerprint density at radius 3 is 2.34 bits per heavy atom. The standard InChI is InChI=1S/C26H27N5O3S/c1-3-19-12-14-20(15-13-19)28-23(32)17-31-25(27)24(35(33,34)22-10-5-4-6-11-22)26(30-31)29-21-9-7-8-18(2)16-21/h4-16H,3,17,27H2,1-2H3,(H,28,32)(H,29,30). The predicted octanol–water partition coefficient (Wildman–Crippen LogP) is 4.55. The molecule has 0 fully saturated rings. The maximum Gasteiger partial charge on any atom is 0.246 e. The molecule has 0 aliphatic rings. The number of benzene rings is 3. The van der Waals surface area contributed by atoms with Crippen molar-refractivity contribution in [1.82, 2.24) is 9.78 Å². The van der Waals surface area contributed by atoms with E-state index in [1.165, 1.54) is 16.8 Å². The first-order valence-corrected chi connectivity index (χ1v) is 12.6. The second-order valence-electron chi connectivity index (χ2n) is 8.13. The van der Waals surface area contributed by atoms with E-state index in [0.29, 0.717) is 11.4 Å². The summed E-state index contributed by atoms with van der Waals surface area (Å²) in [6.45, 7) is 3.73. The lowest BCUT2D eigenvalue weighted by atomic mass is 10.1. The van der Waals surface area contributed by atoms with Gasteiger partial charge in [0, 0.05) is 11.4 Å². The average molecular weight is 490 g/mol. The first kappa shape index (κ1) is 24.0. The highest BCUT2D eigenvalue weighted by Gasteiger charge is 2.30. The number of aryl methyl sites for hydroxylation is 2. The van der Waals surface area contributed by atoms with Crippen molar-refractivity contribution < 1.29 is 13.2 Å². The summed E-state index contributed by atoms with van der Waals surface area (Å²) in [6.07, 6.45) is 0.896. The van der Waals surface area contributed by atoms with Crippen LogP contribution in [-0.4, -0.2) is 24.1 Å². The number of hydrogen-bond donors (Lipinski definition) is 3. The van der Waals surface area contributed by atoms with Crippen LogP contribution in [0.4, 0.5) is 23.0 Å². The van der Waals surface area contributed by atoms with Crippen molar-refractivity contribution >= 4 is 38.8 Å². The molecule has 0 aliphatic heterocycles. The van der Waals surface area contributed by atoms with Crippen molar-refractivity contribution in [2.45, 2.75) is 36.6 Å². The van der Waals surface area contributed by atoms with E-state index in [9.17, 15) is 13.2 Å². The van der Waals surface area contributed by atoms with E-state index in [-0.39, 0.29) is 33.9 Å². The summed E-state index contributed by atoms with van der Waals surface area (Å²) < 4.78 is 28.2. The van der Waals surface area contributed by atoms with E-state index in [1.54, 1.807) is 24.3 Å². The number of aromatic nitrogens is 2. The third kappa shape index (κ3) is 5.36. The Labute approximate surface area is 204 Å². The molecule has 1 heterocycles. The molecule has 0 saturated carbocycles. The van der Waals surface area contributed by atoms with Crippen LogP contribution in [0, 0.1) is 6.92 Å². The number of carbonyl (C=O) groups excluding carboxylic acids is 1. The number of nitrogens with one attached hydrogen (secondary N) is 2. The molecule has 0 unspecified atom stereocenters. The molecular weight excluding hydrogens is 462 g/mol. The number of rotatable bonds is 8. The summed E-state index contributed by atoms with van der Waals surface area (Å²) >= 11 is 0. The van der Waals surface area contributed by atoms with Gasteiger partial charge in [0.05, 0.1) is 4.90 Å². The van der Waals surface area contributed by atoms with E-state index in [1.807, 2.05) is 49.4 Å².